The van der Waals surface area contributed by atoms with Crippen molar-refractivity contribution in [3.8, 4) is 11.3 Å². The van der Waals surface area contributed by atoms with E-state index in [-0.39, 0.29) is 6.54 Å². The Morgan fingerprint density at radius 2 is 2.00 bits per heavy atom. The molecule has 0 spiro atoms. The van der Waals surface area contributed by atoms with Gasteiger partial charge in [-0.05, 0) is 24.3 Å². The molecule has 2 aromatic heterocycles. The smallest absolute Gasteiger partial charge is 0.137 e. The first-order valence-corrected chi connectivity index (χ1v) is 6.78. The molecule has 0 fully saturated rings. The summed E-state index contributed by atoms with van der Waals surface area (Å²) in [6.07, 6.45) is 2.97. The number of rotatable bonds is 5. The average molecular weight is 285 g/mol. The van der Waals surface area contributed by atoms with Crippen LogP contribution in [0.25, 0.3) is 16.9 Å². The molecular formula is C16H16FN3O. The lowest BCUT2D eigenvalue weighted by atomic mass is 10.1. The molecule has 0 saturated carbocycles. The zero-order chi connectivity index (χ0) is 14.7. The summed E-state index contributed by atoms with van der Waals surface area (Å²) >= 11 is 0. The zero-order valence-corrected chi connectivity index (χ0v) is 11.4. The lowest BCUT2D eigenvalue weighted by Crippen LogP contribution is -2.21. The Labute approximate surface area is 121 Å². The average Bonchev–Trinajstić information content (AvgIpc) is 2.97. The van der Waals surface area contributed by atoms with Crippen LogP contribution in [0, 0.1) is 0 Å². The van der Waals surface area contributed by atoms with Crippen LogP contribution in [0.4, 0.5) is 10.1 Å². The Bertz CT molecular complexity index is 691. The van der Waals surface area contributed by atoms with Gasteiger partial charge in [-0.3, -0.25) is 0 Å². The van der Waals surface area contributed by atoms with E-state index in [4.69, 9.17) is 0 Å². The van der Waals surface area contributed by atoms with E-state index in [2.05, 4.69) is 10.3 Å². The maximum absolute atomic E-state index is 12.2. The summed E-state index contributed by atoms with van der Waals surface area (Å²) in [5, 5.41) is 12.2. The van der Waals surface area contributed by atoms with Gasteiger partial charge in [0.15, 0.2) is 0 Å². The fourth-order valence-electron chi connectivity index (χ4n) is 2.12. The maximum Gasteiger partial charge on any atom is 0.137 e. The molecule has 0 aliphatic rings. The molecule has 1 atom stereocenters. The summed E-state index contributed by atoms with van der Waals surface area (Å²) in [5.74, 6) is 0. The Morgan fingerprint density at radius 1 is 1.19 bits per heavy atom. The molecule has 2 heterocycles. The molecule has 0 aliphatic carbocycles. The molecule has 4 nitrogen and oxygen atoms in total. The number of halogens is 1. The quantitative estimate of drug-likeness (QED) is 0.758. The molecule has 0 amide bonds. The molecule has 21 heavy (non-hydrogen) atoms. The highest BCUT2D eigenvalue weighted by Crippen LogP contribution is 2.21. The SMILES string of the molecule is OC(CF)CNc1ccc(-c2cn3ccccc3n2)cc1. The van der Waals surface area contributed by atoms with E-state index in [1.165, 1.54) is 0 Å². The number of alkyl halides is 1. The number of hydrogen-bond donors (Lipinski definition) is 2. The second-order valence-electron chi connectivity index (χ2n) is 4.86. The first-order chi connectivity index (χ1) is 10.3. The molecule has 1 aromatic carbocycles. The summed E-state index contributed by atoms with van der Waals surface area (Å²) in [6, 6.07) is 13.6. The second kappa shape index (κ2) is 5.93. The van der Waals surface area contributed by atoms with Gasteiger partial charge in [-0.15, -0.1) is 0 Å². The van der Waals surface area contributed by atoms with Gasteiger partial charge in [0, 0.05) is 30.2 Å². The number of nitrogens with one attached hydrogen (secondary N) is 1. The lowest BCUT2D eigenvalue weighted by molar-refractivity contribution is 0.151. The van der Waals surface area contributed by atoms with Crippen LogP contribution in [0.3, 0.4) is 0 Å². The molecule has 0 saturated heterocycles. The van der Waals surface area contributed by atoms with Gasteiger partial charge in [-0.1, -0.05) is 18.2 Å². The van der Waals surface area contributed by atoms with Crippen molar-refractivity contribution in [1.29, 1.82) is 0 Å². The molecule has 108 valence electrons. The van der Waals surface area contributed by atoms with Crippen LogP contribution in [0.1, 0.15) is 0 Å². The van der Waals surface area contributed by atoms with Crippen LogP contribution in [0.15, 0.2) is 54.9 Å². The van der Waals surface area contributed by atoms with Crippen molar-refractivity contribution in [3.05, 3.63) is 54.9 Å². The Kier molecular flexibility index (Phi) is 3.83. The number of imidazole rings is 1. The fourth-order valence-corrected chi connectivity index (χ4v) is 2.12. The Balaban J connectivity index is 1.77. The van der Waals surface area contributed by atoms with E-state index in [1.54, 1.807) is 0 Å². The van der Waals surface area contributed by atoms with Crippen LogP contribution in [-0.4, -0.2) is 33.8 Å². The van der Waals surface area contributed by atoms with Crippen molar-refractivity contribution in [3.63, 3.8) is 0 Å². The van der Waals surface area contributed by atoms with Crippen molar-refractivity contribution in [1.82, 2.24) is 9.38 Å². The van der Waals surface area contributed by atoms with E-state index >= 15 is 0 Å². The van der Waals surface area contributed by atoms with E-state index in [1.807, 2.05) is 59.3 Å². The fraction of sp³-hybridized carbons (Fsp3) is 0.188. The van der Waals surface area contributed by atoms with Gasteiger partial charge < -0.3 is 14.8 Å². The first kappa shape index (κ1) is 13.6. The predicted octanol–water partition coefficient (Wildman–Crippen LogP) is 2.74. The molecule has 1 unspecified atom stereocenters. The third-order valence-corrected chi connectivity index (χ3v) is 3.26. The predicted molar refractivity (Wildman–Crippen MR) is 81.1 cm³/mol. The number of hydrogen-bond acceptors (Lipinski definition) is 3. The molecule has 5 heteroatoms. The Morgan fingerprint density at radius 3 is 2.71 bits per heavy atom. The van der Waals surface area contributed by atoms with Crippen LogP contribution in [-0.2, 0) is 0 Å². The van der Waals surface area contributed by atoms with Gasteiger partial charge in [0.1, 0.15) is 12.3 Å². The van der Waals surface area contributed by atoms with Crippen molar-refractivity contribution < 1.29 is 9.50 Å². The number of aliphatic hydroxyl groups excluding tert-OH is 1. The van der Waals surface area contributed by atoms with E-state index in [0.717, 1.165) is 22.6 Å². The summed E-state index contributed by atoms with van der Waals surface area (Å²) in [5.41, 5.74) is 3.66. The third-order valence-electron chi connectivity index (χ3n) is 3.26. The van der Waals surface area contributed by atoms with Gasteiger partial charge in [0.25, 0.3) is 0 Å². The standard InChI is InChI=1S/C16H16FN3O/c17-9-14(21)10-18-13-6-4-12(5-7-13)15-11-20-8-2-1-3-16(20)19-15/h1-8,11,14,18,21H,9-10H2. The number of pyridine rings is 1. The molecule has 3 aromatic rings. The monoisotopic (exact) mass is 285 g/mol. The maximum atomic E-state index is 12.2. The first-order valence-electron chi connectivity index (χ1n) is 6.78. The highest BCUT2D eigenvalue weighted by Gasteiger charge is 2.05. The van der Waals surface area contributed by atoms with Crippen LogP contribution < -0.4 is 5.32 Å². The summed E-state index contributed by atoms with van der Waals surface area (Å²) in [6.45, 7) is -0.545. The molecule has 3 rings (SSSR count). The second-order valence-corrected chi connectivity index (χ2v) is 4.86. The number of benzene rings is 1. The minimum absolute atomic E-state index is 0.199. The third kappa shape index (κ3) is 3.03. The zero-order valence-electron chi connectivity index (χ0n) is 11.4. The normalized spacial score (nSPS) is 12.5. The summed E-state index contributed by atoms with van der Waals surface area (Å²) in [4.78, 5) is 4.55. The summed E-state index contributed by atoms with van der Waals surface area (Å²) < 4.78 is 14.1. The van der Waals surface area contributed by atoms with Gasteiger partial charge in [-0.2, -0.15) is 0 Å². The lowest BCUT2D eigenvalue weighted by Gasteiger charge is -2.09. The minimum atomic E-state index is -0.969. The number of anilines is 1. The highest BCUT2D eigenvalue weighted by atomic mass is 19.1. The minimum Gasteiger partial charge on any atom is -0.389 e. The molecule has 2 N–H and O–H groups in total. The topological polar surface area (TPSA) is 49.6 Å². The van der Waals surface area contributed by atoms with Crippen LogP contribution >= 0.6 is 0 Å². The van der Waals surface area contributed by atoms with Crippen molar-refractivity contribution in [2.45, 2.75) is 6.10 Å². The van der Waals surface area contributed by atoms with Gasteiger partial charge in [-0.25, -0.2) is 9.37 Å². The molecule has 0 bridgehead atoms. The Hall–Kier alpha value is -2.40. The van der Waals surface area contributed by atoms with Crippen LogP contribution in [0.5, 0.6) is 0 Å². The molecule has 0 aliphatic heterocycles. The molecular weight excluding hydrogens is 269 g/mol. The van der Waals surface area contributed by atoms with Gasteiger partial charge in [0.05, 0.1) is 11.8 Å². The number of aromatic nitrogens is 2. The van der Waals surface area contributed by atoms with E-state index < -0.39 is 12.8 Å². The van der Waals surface area contributed by atoms with E-state index in [9.17, 15) is 9.50 Å². The van der Waals surface area contributed by atoms with Gasteiger partial charge in [0.2, 0.25) is 0 Å². The van der Waals surface area contributed by atoms with Crippen molar-refractivity contribution in [2.24, 2.45) is 0 Å². The number of fused-ring (bicyclic) bond motifs is 1. The van der Waals surface area contributed by atoms with E-state index in [0.29, 0.717) is 0 Å². The largest absolute Gasteiger partial charge is 0.389 e. The number of nitrogens with zero attached hydrogens (tertiary/aromatic N) is 2. The van der Waals surface area contributed by atoms with Crippen molar-refractivity contribution >= 4 is 11.3 Å². The number of aliphatic hydroxyl groups is 1. The molecule has 0 radical (unpaired) electrons. The highest BCUT2D eigenvalue weighted by molar-refractivity contribution is 5.65. The van der Waals surface area contributed by atoms with Crippen molar-refractivity contribution in [2.75, 3.05) is 18.5 Å². The van der Waals surface area contributed by atoms with Crippen LogP contribution in [0.2, 0.25) is 0 Å². The van der Waals surface area contributed by atoms with Gasteiger partial charge >= 0.3 is 0 Å². The summed E-state index contributed by atoms with van der Waals surface area (Å²) in [7, 11) is 0.